The molecule has 1 rings (SSSR count). The van der Waals surface area contributed by atoms with Crippen LogP contribution in [0.4, 0.5) is 0 Å². The highest BCUT2D eigenvalue weighted by Crippen LogP contribution is 2.16. The van der Waals surface area contributed by atoms with Crippen molar-refractivity contribution in [2.75, 3.05) is 20.3 Å². The van der Waals surface area contributed by atoms with Crippen molar-refractivity contribution >= 4 is 5.91 Å². The number of ether oxygens (including phenoxy) is 2. The number of hydrogen-bond donors (Lipinski definition) is 2. The van der Waals surface area contributed by atoms with Crippen LogP contribution < -0.4 is 14.8 Å². The quantitative estimate of drug-likeness (QED) is 0.782. The topological polar surface area (TPSA) is 67.8 Å². The first-order valence-electron chi connectivity index (χ1n) is 6.15. The minimum absolute atomic E-state index is 0.0343. The fraction of sp³-hybridized carbons (Fsp3) is 0.500. The molecule has 19 heavy (non-hydrogen) atoms. The van der Waals surface area contributed by atoms with E-state index in [4.69, 9.17) is 14.6 Å². The summed E-state index contributed by atoms with van der Waals surface area (Å²) in [4.78, 5) is 11.7. The monoisotopic (exact) mass is 267 g/mol. The van der Waals surface area contributed by atoms with Gasteiger partial charge in [-0.15, -0.1) is 0 Å². The van der Waals surface area contributed by atoms with Crippen molar-refractivity contribution < 1.29 is 19.4 Å². The zero-order valence-corrected chi connectivity index (χ0v) is 11.6. The van der Waals surface area contributed by atoms with E-state index in [1.54, 1.807) is 31.4 Å². The lowest BCUT2D eigenvalue weighted by Crippen LogP contribution is -2.46. The summed E-state index contributed by atoms with van der Waals surface area (Å²) in [5, 5.41) is 11.7. The van der Waals surface area contributed by atoms with Gasteiger partial charge in [0.05, 0.1) is 7.11 Å². The molecule has 0 radical (unpaired) electrons. The molecule has 1 aromatic rings. The van der Waals surface area contributed by atoms with E-state index in [0.717, 1.165) is 5.75 Å². The number of aliphatic hydroxyl groups excluding tert-OH is 1. The number of carbonyl (C=O) groups is 1. The van der Waals surface area contributed by atoms with Gasteiger partial charge in [0.25, 0.3) is 5.91 Å². The molecule has 0 saturated carbocycles. The van der Waals surface area contributed by atoms with E-state index in [2.05, 4.69) is 5.32 Å². The van der Waals surface area contributed by atoms with Crippen LogP contribution in [-0.4, -0.2) is 36.9 Å². The number of methoxy groups -OCH3 is 1. The van der Waals surface area contributed by atoms with Crippen LogP contribution >= 0.6 is 0 Å². The van der Waals surface area contributed by atoms with Gasteiger partial charge in [0.15, 0.2) is 6.61 Å². The highest BCUT2D eigenvalue weighted by Gasteiger charge is 2.19. The first-order valence-corrected chi connectivity index (χ1v) is 6.15. The Balaban J connectivity index is 2.41. The van der Waals surface area contributed by atoms with Gasteiger partial charge in [-0.3, -0.25) is 4.79 Å². The van der Waals surface area contributed by atoms with Crippen molar-refractivity contribution in [3.8, 4) is 11.5 Å². The standard InChI is InChI=1S/C14H21NO4/c1-14(2,8-9-16)15-13(17)10-19-12-6-4-11(18-3)5-7-12/h4-7,16H,8-10H2,1-3H3,(H,15,17). The number of carbonyl (C=O) groups excluding carboxylic acids is 1. The van der Waals surface area contributed by atoms with Gasteiger partial charge in [0.2, 0.25) is 0 Å². The fourth-order valence-corrected chi connectivity index (χ4v) is 1.58. The lowest BCUT2D eigenvalue weighted by molar-refractivity contribution is -0.124. The molecule has 0 atom stereocenters. The molecule has 2 N–H and O–H groups in total. The molecule has 0 aliphatic rings. The largest absolute Gasteiger partial charge is 0.497 e. The first-order chi connectivity index (χ1) is 8.96. The van der Waals surface area contributed by atoms with Crippen LogP contribution in [0.15, 0.2) is 24.3 Å². The molecule has 106 valence electrons. The van der Waals surface area contributed by atoms with Crippen molar-refractivity contribution in [2.45, 2.75) is 25.8 Å². The van der Waals surface area contributed by atoms with E-state index >= 15 is 0 Å². The lowest BCUT2D eigenvalue weighted by Gasteiger charge is -2.25. The van der Waals surface area contributed by atoms with Gasteiger partial charge in [0.1, 0.15) is 11.5 Å². The second-order valence-electron chi connectivity index (χ2n) is 4.87. The highest BCUT2D eigenvalue weighted by atomic mass is 16.5. The predicted molar refractivity (Wildman–Crippen MR) is 72.4 cm³/mol. The summed E-state index contributed by atoms with van der Waals surface area (Å²) in [6.07, 6.45) is 0.501. The molecule has 0 bridgehead atoms. The van der Waals surface area contributed by atoms with E-state index in [1.807, 2.05) is 13.8 Å². The van der Waals surface area contributed by atoms with Crippen LogP contribution in [0, 0.1) is 0 Å². The lowest BCUT2D eigenvalue weighted by atomic mass is 10.0. The van der Waals surface area contributed by atoms with Crippen molar-refractivity contribution in [3.05, 3.63) is 24.3 Å². The molecule has 0 aliphatic heterocycles. The molecule has 1 amide bonds. The maximum Gasteiger partial charge on any atom is 0.258 e. The number of nitrogens with one attached hydrogen (secondary N) is 1. The Bertz CT molecular complexity index is 400. The van der Waals surface area contributed by atoms with Crippen molar-refractivity contribution in [1.29, 1.82) is 0 Å². The zero-order valence-electron chi connectivity index (χ0n) is 11.6. The van der Waals surface area contributed by atoms with Gasteiger partial charge in [-0.2, -0.15) is 0 Å². The van der Waals surface area contributed by atoms with Crippen LogP contribution in [0.25, 0.3) is 0 Å². The minimum Gasteiger partial charge on any atom is -0.497 e. The summed E-state index contributed by atoms with van der Waals surface area (Å²) >= 11 is 0. The van der Waals surface area contributed by atoms with Gasteiger partial charge in [-0.25, -0.2) is 0 Å². The average Bonchev–Trinajstić information content (AvgIpc) is 2.36. The van der Waals surface area contributed by atoms with Gasteiger partial charge in [-0.05, 0) is 44.5 Å². The molecule has 0 saturated heterocycles. The van der Waals surface area contributed by atoms with Crippen LogP contribution in [-0.2, 0) is 4.79 Å². The van der Waals surface area contributed by atoms with Gasteiger partial charge < -0.3 is 19.9 Å². The first kappa shape index (κ1) is 15.3. The van der Waals surface area contributed by atoms with Crippen LogP contribution in [0.3, 0.4) is 0 Å². The molecule has 5 nitrogen and oxygen atoms in total. The summed E-state index contributed by atoms with van der Waals surface area (Å²) in [7, 11) is 1.59. The Morgan fingerprint density at radius 3 is 2.37 bits per heavy atom. The molecule has 0 spiro atoms. The molecule has 0 heterocycles. The molecular formula is C14H21NO4. The second-order valence-corrected chi connectivity index (χ2v) is 4.87. The number of amides is 1. The van der Waals surface area contributed by atoms with Crippen LogP contribution in [0.2, 0.25) is 0 Å². The number of benzene rings is 1. The third-order valence-corrected chi connectivity index (χ3v) is 2.64. The predicted octanol–water partition coefficient (Wildman–Crippen LogP) is 1.35. The summed E-state index contributed by atoms with van der Waals surface area (Å²) in [6.45, 7) is 3.69. The Labute approximate surface area is 113 Å². The molecule has 0 fully saturated rings. The molecule has 0 aliphatic carbocycles. The smallest absolute Gasteiger partial charge is 0.258 e. The van der Waals surface area contributed by atoms with Gasteiger partial charge in [0, 0.05) is 12.1 Å². The van der Waals surface area contributed by atoms with E-state index < -0.39 is 5.54 Å². The van der Waals surface area contributed by atoms with E-state index in [9.17, 15) is 4.79 Å². The van der Waals surface area contributed by atoms with Gasteiger partial charge in [-0.1, -0.05) is 0 Å². The Morgan fingerprint density at radius 2 is 1.84 bits per heavy atom. The number of rotatable bonds is 7. The van der Waals surface area contributed by atoms with Crippen LogP contribution in [0.5, 0.6) is 11.5 Å². The number of aliphatic hydroxyl groups is 1. The normalized spacial score (nSPS) is 10.9. The summed E-state index contributed by atoms with van der Waals surface area (Å²) in [6, 6.07) is 7.02. The average molecular weight is 267 g/mol. The van der Waals surface area contributed by atoms with E-state index in [-0.39, 0.29) is 19.1 Å². The molecule has 1 aromatic carbocycles. The molecular weight excluding hydrogens is 246 g/mol. The minimum atomic E-state index is -0.435. The van der Waals surface area contributed by atoms with Gasteiger partial charge >= 0.3 is 0 Å². The summed E-state index contributed by atoms with van der Waals surface area (Å²) in [5.74, 6) is 1.13. The molecule has 5 heteroatoms. The Hall–Kier alpha value is -1.75. The van der Waals surface area contributed by atoms with Crippen molar-refractivity contribution in [3.63, 3.8) is 0 Å². The molecule has 0 aromatic heterocycles. The fourth-order valence-electron chi connectivity index (χ4n) is 1.58. The van der Waals surface area contributed by atoms with E-state index in [1.165, 1.54) is 0 Å². The summed E-state index contributed by atoms with van der Waals surface area (Å²) in [5.41, 5.74) is -0.435. The second kappa shape index (κ2) is 6.99. The summed E-state index contributed by atoms with van der Waals surface area (Å²) < 4.78 is 10.4. The van der Waals surface area contributed by atoms with E-state index in [0.29, 0.717) is 12.2 Å². The SMILES string of the molecule is COc1ccc(OCC(=O)NC(C)(C)CCO)cc1. The molecule has 0 unspecified atom stereocenters. The zero-order chi connectivity index (χ0) is 14.3. The van der Waals surface area contributed by atoms with Crippen molar-refractivity contribution in [1.82, 2.24) is 5.32 Å². The van der Waals surface area contributed by atoms with Crippen LogP contribution in [0.1, 0.15) is 20.3 Å². The Kier molecular flexibility index (Phi) is 5.63. The third-order valence-electron chi connectivity index (χ3n) is 2.64. The Morgan fingerprint density at radius 1 is 1.26 bits per heavy atom. The highest BCUT2D eigenvalue weighted by molar-refractivity contribution is 5.78. The maximum absolute atomic E-state index is 11.7. The van der Waals surface area contributed by atoms with Crippen molar-refractivity contribution in [2.24, 2.45) is 0 Å². The third kappa shape index (κ3) is 5.61. The number of hydrogen-bond acceptors (Lipinski definition) is 4. The maximum atomic E-state index is 11.7.